The summed E-state index contributed by atoms with van der Waals surface area (Å²) in [5, 5.41) is 10.3. The third-order valence-electron chi connectivity index (χ3n) is 2.33. The fraction of sp³-hybridized carbons (Fsp3) is 0.200. The van der Waals surface area contributed by atoms with Gasteiger partial charge in [0, 0.05) is 30.2 Å². The first-order valence-electron chi connectivity index (χ1n) is 4.20. The van der Waals surface area contributed by atoms with E-state index in [0.717, 1.165) is 16.6 Å². The summed E-state index contributed by atoms with van der Waals surface area (Å²) in [6, 6.07) is 7.32. The molecule has 0 radical (unpaired) electrons. The van der Waals surface area contributed by atoms with Crippen LogP contribution in [0.25, 0.3) is 10.9 Å². The molecule has 3 N–H and O–H groups in total. The Morgan fingerprint density at radius 1 is 1.38 bits per heavy atom. The summed E-state index contributed by atoms with van der Waals surface area (Å²) in [4.78, 5) is 0. The zero-order valence-electron chi connectivity index (χ0n) is 7.49. The lowest BCUT2D eigenvalue weighted by molar-refractivity contribution is 0.476. The van der Waals surface area contributed by atoms with Gasteiger partial charge in [-0.25, -0.2) is 0 Å². The summed E-state index contributed by atoms with van der Waals surface area (Å²) >= 11 is 0. The number of nitrogens with two attached hydrogens (primary N) is 1. The molecule has 1 aromatic carbocycles. The van der Waals surface area contributed by atoms with E-state index in [2.05, 4.69) is 0 Å². The lowest BCUT2D eigenvalue weighted by Crippen LogP contribution is -2.02. The maximum Gasteiger partial charge on any atom is 0.116 e. The molecule has 3 heteroatoms. The molecular weight excluding hydrogens is 164 g/mol. The molecule has 0 atom stereocenters. The molecule has 0 spiro atoms. The van der Waals surface area contributed by atoms with Crippen LogP contribution in [0.3, 0.4) is 0 Å². The van der Waals surface area contributed by atoms with Gasteiger partial charge < -0.3 is 15.4 Å². The first-order chi connectivity index (χ1) is 6.22. The molecule has 0 aliphatic carbocycles. The van der Waals surface area contributed by atoms with Crippen molar-refractivity contribution in [3.05, 3.63) is 30.0 Å². The van der Waals surface area contributed by atoms with Gasteiger partial charge in [-0.15, -0.1) is 0 Å². The van der Waals surface area contributed by atoms with Crippen molar-refractivity contribution in [1.82, 2.24) is 4.57 Å². The summed E-state index contributed by atoms with van der Waals surface area (Å²) in [5.74, 6) is 0.293. The second kappa shape index (κ2) is 2.78. The van der Waals surface area contributed by atoms with Gasteiger partial charge in [0.1, 0.15) is 5.75 Å². The van der Waals surface area contributed by atoms with Gasteiger partial charge in [-0.3, -0.25) is 0 Å². The molecule has 0 bridgehead atoms. The average Bonchev–Trinajstić information content (AvgIpc) is 2.42. The van der Waals surface area contributed by atoms with Crippen molar-refractivity contribution in [2.24, 2.45) is 12.8 Å². The van der Waals surface area contributed by atoms with Crippen LogP contribution in [0.4, 0.5) is 0 Å². The molecule has 3 nitrogen and oxygen atoms in total. The normalized spacial score (nSPS) is 10.9. The lowest BCUT2D eigenvalue weighted by Gasteiger charge is -2.00. The van der Waals surface area contributed by atoms with Gasteiger partial charge in [-0.2, -0.15) is 0 Å². The Kier molecular flexibility index (Phi) is 1.74. The molecule has 68 valence electrons. The first kappa shape index (κ1) is 8.13. The van der Waals surface area contributed by atoms with E-state index in [1.807, 2.05) is 23.7 Å². The van der Waals surface area contributed by atoms with E-state index in [-0.39, 0.29) is 0 Å². The van der Waals surface area contributed by atoms with E-state index < -0.39 is 0 Å². The number of aryl methyl sites for hydroxylation is 1. The molecule has 0 saturated heterocycles. The zero-order valence-corrected chi connectivity index (χ0v) is 7.49. The highest BCUT2D eigenvalue weighted by Gasteiger charge is 2.03. The van der Waals surface area contributed by atoms with Gasteiger partial charge >= 0.3 is 0 Å². The third kappa shape index (κ3) is 1.17. The molecule has 1 aromatic heterocycles. The van der Waals surface area contributed by atoms with Gasteiger partial charge in [0.15, 0.2) is 0 Å². The number of rotatable bonds is 1. The maximum atomic E-state index is 9.26. The van der Waals surface area contributed by atoms with Crippen LogP contribution in [0, 0.1) is 0 Å². The molecule has 0 aliphatic rings. The molecule has 0 fully saturated rings. The lowest BCUT2D eigenvalue weighted by atomic mass is 10.2. The SMILES string of the molecule is Cn1c(CN)cc2cc(O)ccc21. The van der Waals surface area contributed by atoms with Crippen molar-refractivity contribution in [2.75, 3.05) is 0 Å². The quantitative estimate of drug-likeness (QED) is 0.689. The van der Waals surface area contributed by atoms with Crippen LogP contribution in [0.2, 0.25) is 0 Å². The van der Waals surface area contributed by atoms with E-state index in [9.17, 15) is 5.11 Å². The Morgan fingerprint density at radius 2 is 2.15 bits per heavy atom. The molecule has 0 amide bonds. The van der Waals surface area contributed by atoms with Crippen molar-refractivity contribution in [2.45, 2.75) is 6.54 Å². The van der Waals surface area contributed by atoms with Crippen molar-refractivity contribution in [3.8, 4) is 5.75 Å². The molecule has 1 heterocycles. The van der Waals surface area contributed by atoms with E-state index >= 15 is 0 Å². The molecular formula is C10H12N2O. The van der Waals surface area contributed by atoms with Crippen LogP contribution < -0.4 is 5.73 Å². The number of aromatic nitrogens is 1. The standard InChI is InChI=1S/C10H12N2O/c1-12-8(6-11)4-7-5-9(13)2-3-10(7)12/h2-5,13H,6,11H2,1H3. The number of phenols is 1. The van der Waals surface area contributed by atoms with Crippen LogP contribution in [0.15, 0.2) is 24.3 Å². The number of benzene rings is 1. The Balaban J connectivity index is 2.76. The van der Waals surface area contributed by atoms with Crippen molar-refractivity contribution in [3.63, 3.8) is 0 Å². The van der Waals surface area contributed by atoms with E-state index in [4.69, 9.17) is 5.73 Å². The smallest absolute Gasteiger partial charge is 0.116 e. The van der Waals surface area contributed by atoms with Crippen LogP contribution in [-0.2, 0) is 13.6 Å². The Labute approximate surface area is 76.4 Å². The molecule has 0 saturated carbocycles. The molecule has 0 unspecified atom stereocenters. The summed E-state index contributed by atoms with van der Waals surface area (Å²) in [6.45, 7) is 0.520. The van der Waals surface area contributed by atoms with E-state index in [1.54, 1.807) is 12.1 Å². The number of hydrogen-bond acceptors (Lipinski definition) is 2. The van der Waals surface area contributed by atoms with E-state index in [1.165, 1.54) is 0 Å². The number of phenolic OH excluding ortho intramolecular Hbond substituents is 1. The predicted octanol–water partition coefficient (Wildman–Crippen LogP) is 1.34. The number of aromatic hydroxyl groups is 1. The molecule has 13 heavy (non-hydrogen) atoms. The number of fused-ring (bicyclic) bond motifs is 1. The van der Waals surface area contributed by atoms with Crippen LogP contribution in [-0.4, -0.2) is 9.67 Å². The van der Waals surface area contributed by atoms with Crippen molar-refractivity contribution < 1.29 is 5.11 Å². The van der Waals surface area contributed by atoms with Crippen molar-refractivity contribution in [1.29, 1.82) is 0 Å². The van der Waals surface area contributed by atoms with Crippen LogP contribution >= 0.6 is 0 Å². The van der Waals surface area contributed by atoms with E-state index in [0.29, 0.717) is 12.3 Å². The second-order valence-electron chi connectivity index (χ2n) is 3.14. The van der Waals surface area contributed by atoms with Gasteiger partial charge in [-0.05, 0) is 24.3 Å². The third-order valence-corrected chi connectivity index (χ3v) is 2.33. The second-order valence-corrected chi connectivity index (χ2v) is 3.14. The Bertz CT molecular complexity index is 445. The van der Waals surface area contributed by atoms with Crippen LogP contribution in [0.1, 0.15) is 5.69 Å². The summed E-state index contributed by atoms with van der Waals surface area (Å²) in [5.41, 5.74) is 7.73. The minimum absolute atomic E-state index is 0.293. The largest absolute Gasteiger partial charge is 0.508 e. The fourth-order valence-corrected chi connectivity index (χ4v) is 1.59. The highest BCUT2D eigenvalue weighted by molar-refractivity contribution is 5.82. The number of hydrogen-bond donors (Lipinski definition) is 2. The highest BCUT2D eigenvalue weighted by Crippen LogP contribution is 2.22. The van der Waals surface area contributed by atoms with Crippen molar-refractivity contribution >= 4 is 10.9 Å². The summed E-state index contributed by atoms with van der Waals surface area (Å²) < 4.78 is 2.04. The molecule has 2 aromatic rings. The van der Waals surface area contributed by atoms with Gasteiger partial charge in [-0.1, -0.05) is 0 Å². The minimum atomic E-state index is 0.293. The summed E-state index contributed by atoms with van der Waals surface area (Å²) in [6.07, 6.45) is 0. The average molecular weight is 176 g/mol. The van der Waals surface area contributed by atoms with Gasteiger partial charge in [0.05, 0.1) is 0 Å². The maximum absolute atomic E-state index is 9.26. The zero-order chi connectivity index (χ0) is 9.42. The van der Waals surface area contributed by atoms with Gasteiger partial charge in [0.25, 0.3) is 0 Å². The minimum Gasteiger partial charge on any atom is -0.508 e. The monoisotopic (exact) mass is 176 g/mol. The highest BCUT2D eigenvalue weighted by atomic mass is 16.3. The first-order valence-corrected chi connectivity index (χ1v) is 4.20. The fourth-order valence-electron chi connectivity index (χ4n) is 1.59. The van der Waals surface area contributed by atoms with Crippen LogP contribution in [0.5, 0.6) is 5.75 Å². The van der Waals surface area contributed by atoms with Gasteiger partial charge in [0.2, 0.25) is 0 Å². The Hall–Kier alpha value is -1.48. The molecule has 2 rings (SSSR count). The topological polar surface area (TPSA) is 51.2 Å². The number of nitrogens with zero attached hydrogens (tertiary/aromatic N) is 1. The Morgan fingerprint density at radius 3 is 2.85 bits per heavy atom. The molecule has 0 aliphatic heterocycles. The predicted molar refractivity (Wildman–Crippen MR) is 52.5 cm³/mol. The summed E-state index contributed by atoms with van der Waals surface area (Å²) in [7, 11) is 1.97.